The molecule has 3 amide bonds. The number of hydrogen-bond acceptors (Lipinski definition) is 7. The largest absolute Gasteiger partial charge is 0.493 e. The Morgan fingerprint density at radius 2 is 1.68 bits per heavy atom. The number of hydrogen-bond donors (Lipinski definition) is 2. The van der Waals surface area contributed by atoms with Crippen LogP contribution in [0.5, 0.6) is 5.75 Å². The SMILES string of the molecule is CC(C)(C)OC(=O)NC(C)(C)C(=O)NC(CC1CCOc2ccccc2C1)C(=O)N1CCC2(CC1)CN(S(C)(=O)=O)c1ccccc12. The van der Waals surface area contributed by atoms with Crippen LogP contribution in [-0.4, -0.2) is 80.9 Å². The molecule has 1 saturated heterocycles. The molecule has 2 N–H and O–H groups in total. The van der Waals surface area contributed by atoms with Crippen molar-refractivity contribution in [3.05, 3.63) is 59.7 Å². The molecule has 3 aliphatic heterocycles. The Labute approximate surface area is 278 Å². The zero-order valence-corrected chi connectivity index (χ0v) is 29.1. The second-order valence-electron chi connectivity index (χ2n) is 14.7. The van der Waals surface area contributed by atoms with Crippen molar-refractivity contribution >= 4 is 33.6 Å². The molecule has 1 fully saturated rings. The molecule has 12 heteroatoms. The Hall–Kier alpha value is -3.80. The summed E-state index contributed by atoms with van der Waals surface area (Å²) >= 11 is 0. The Morgan fingerprint density at radius 1 is 1.02 bits per heavy atom. The molecule has 0 bridgehead atoms. The van der Waals surface area contributed by atoms with Gasteiger partial charge in [-0.1, -0.05) is 36.4 Å². The molecule has 0 aliphatic carbocycles. The molecular weight excluding hydrogens is 620 g/mol. The van der Waals surface area contributed by atoms with Gasteiger partial charge in [-0.3, -0.25) is 13.9 Å². The number of piperidine rings is 1. The van der Waals surface area contributed by atoms with Gasteiger partial charge >= 0.3 is 6.09 Å². The lowest BCUT2D eigenvalue weighted by Gasteiger charge is -2.41. The van der Waals surface area contributed by atoms with E-state index in [-0.39, 0.29) is 11.8 Å². The van der Waals surface area contributed by atoms with Crippen molar-refractivity contribution in [3.8, 4) is 5.75 Å². The van der Waals surface area contributed by atoms with E-state index < -0.39 is 44.6 Å². The summed E-state index contributed by atoms with van der Waals surface area (Å²) < 4.78 is 38.2. The number of alkyl carbamates (subject to hydrolysis) is 1. The van der Waals surface area contributed by atoms with Gasteiger partial charge < -0.3 is 25.0 Å². The number of carbonyl (C=O) groups excluding carboxylic acids is 3. The van der Waals surface area contributed by atoms with E-state index in [9.17, 15) is 22.8 Å². The second-order valence-corrected chi connectivity index (χ2v) is 16.6. The number of amides is 3. The van der Waals surface area contributed by atoms with Gasteiger partial charge in [0.2, 0.25) is 21.8 Å². The van der Waals surface area contributed by atoms with Crippen LogP contribution in [0.4, 0.5) is 10.5 Å². The fourth-order valence-corrected chi connectivity index (χ4v) is 7.95. The van der Waals surface area contributed by atoms with Crippen LogP contribution < -0.4 is 19.7 Å². The number of nitrogens with zero attached hydrogens (tertiary/aromatic N) is 2. The van der Waals surface area contributed by atoms with E-state index in [2.05, 4.69) is 10.6 Å². The zero-order valence-electron chi connectivity index (χ0n) is 28.3. The molecule has 11 nitrogen and oxygen atoms in total. The van der Waals surface area contributed by atoms with Gasteiger partial charge in [0.1, 0.15) is 22.9 Å². The minimum Gasteiger partial charge on any atom is -0.493 e. The number of para-hydroxylation sites is 2. The molecule has 2 aromatic rings. The lowest BCUT2D eigenvalue weighted by molar-refractivity contribution is -0.139. The van der Waals surface area contributed by atoms with Crippen LogP contribution in [0, 0.1) is 5.92 Å². The molecule has 0 radical (unpaired) electrons. The van der Waals surface area contributed by atoms with Gasteiger partial charge in [-0.25, -0.2) is 13.2 Å². The van der Waals surface area contributed by atoms with Crippen molar-refractivity contribution in [2.75, 3.05) is 36.8 Å². The zero-order chi connectivity index (χ0) is 34.2. The first-order chi connectivity index (χ1) is 22.0. The van der Waals surface area contributed by atoms with E-state index in [1.165, 1.54) is 10.6 Å². The average molecular weight is 669 g/mol. The molecule has 0 aromatic heterocycles. The summed E-state index contributed by atoms with van der Waals surface area (Å²) in [4.78, 5) is 42.4. The number of sulfonamides is 1. The predicted molar refractivity (Wildman–Crippen MR) is 180 cm³/mol. The summed E-state index contributed by atoms with van der Waals surface area (Å²) in [7, 11) is -3.47. The monoisotopic (exact) mass is 668 g/mol. The quantitative estimate of drug-likeness (QED) is 0.453. The third-order valence-corrected chi connectivity index (χ3v) is 10.6. The number of fused-ring (bicyclic) bond motifs is 3. The number of anilines is 1. The predicted octanol–water partition coefficient (Wildman–Crippen LogP) is 4.15. The Kier molecular flexibility index (Phi) is 9.56. The highest BCUT2D eigenvalue weighted by Crippen LogP contribution is 2.48. The second kappa shape index (κ2) is 13.0. The van der Waals surface area contributed by atoms with Crippen molar-refractivity contribution in [1.82, 2.24) is 15.5 Å². The van der Waals surface area contributed by atoms with Gasteiger partial charge in [0.15, 0.2) is 0 Å². The summed E-state index contributed by atoms with van der Waals surface area (Å²) in [5.41, 5.74) is 0.280. The molecule has 5 rings (SSSR count). The maximum absolute atomic E-state index is 14.3. The molecule has 2 atom stereocenters. The number of carbonyl (C=O) groups is 3. The van der Waals surface area contributed by atoms with Crippen molar-refractivity contribution in [2.24, 2.45) is 5.92 Å². The van der Waals surface area contributed by atoms with Crippen molar-refractivity contribution < 1.29 is 32.3 Å². The molecule has 47 heavy (non-hydrogen) atoms. The molecule has 3 aliphatic rings. The fraction of sp³-hybridized carbons (Fsp3) is 0.571. The van der Waals surface area contributed by atoms with Gasteiger partial charge in [0, 0.05) is 25.0 Å². The van der Waals surface area contributed by atoms with Crippen molar-refractivity contribution in [1.29, 1.82) is 0 Å². The molecule has 1 spiro atoms. The smallest absolute Gasteiger partial charge is 0.408 e. The highest BCUT2D eigenvalue weighted by atomic mass is 32.2. The van der Waals surface area contributed by atoms with Gasteiger partial charge in [0.25, 0.3) is 0 Å². The summed E-state index contributed by atoms with van der Waals surface area (Å²) in [5.74, 6) is 0.224. The van der Waals surface area contributed by atoms with Gasteiger partial charge in [-0.15, -0.1) is 0 Å². The normalized spacial score (nSPS) is 19.9. The molecule has 256 valence electrons. The Balaban J connectivity index is 1.34. The van der Waals surface area contributed by atoms with Crippen molar-refractivity contribution in [3.63, 3.8) is 0 Å². The minimum absolute atomic E-state index is 0.0657. The van der Waals surface area contributed by atoms with E-state index in [1.807, 2.05) is 48.5 Å². The minimum atomic E-state index is -3.47. The van der Waals surface area contributed by atoms with Crippen molar-refractivity contribution in [2.45, 2.75) is 89.3 Å². The van der Waals surface area contributed by atoms with E-state index in [0.717, 1.165) is 23.3 Å². The van der Waals surface area contributed by atoms with Crippen LogP contribution in [0.25, 0.3) is 0 Å². The molecule has 0 saturated carbocycles. The van der Waals surface area contributed by atoms with Crippen LogP contribution in [0.1, 0.15) is 71.4 Å². The maximum atomic E-state index is 14.3. The van der Waals surface area contributed by atoms with E-state index in [4.69, 9.17) is 9.47 Å². The molecule has 2 aromatic carbocycles. The van der Waals surface area contributed by atoms with Crippen LogP contribution in [0.2, 0.25) is 0 Å². The maximum Gasteiger partial charge on any atom is 0.408 e. The number of benzene rings is 2. The number of rotatable bonds is 7. The highest BCUT2D eigenvalue weighted by Gasteiger charge is 2.48. The van der Waals surface area contributed by atoms with E-state index >= 15 is 0 Å². The summed E-state index contributed by atoms with van der Waals surface area (Å²) in [6.07, 6.45) is 3.52. The first kappa shape index (κ1) is 34.5. The van der Waals surface area contributed by atoms with Gasteiger partial charge in [-0.05, 0) is 95.9 Å². The lowest BCUT2D eigenvalue weighted by atomic mass is 9.74. The number of ether oxygens (including phenoxy) is 2. The molecule has 2 unspecified atom stereocenters. The number of nitrogens with one attached hydrogen (secondary N) is 2. The van der Waals surface area contributed by atoms with Crippen LogP contribution >= 0.6 is 0 Å². The molecule has 3 heterocycles. The summed E-state index contributed by atoms with van der Waals surface area (Å²) in [6.45, 7) is 10.1. The fourth-order valence-electron chi connectivity index (χ4n) is 6.96. The third-order valence-electron chi connectivity index (χ3n) is 9.44. The first-order valence-electron chi connectivity index (χ1n) is 16.4. The lowest BCUT2D eigenvalue weighted by Crippen LogP contribution is -2.60. The topological polar surface area (TPSA) is 134 Å². The highest BCUT2D eigenvalue weighted by molar-refractivity contribution is 7.92. The summed E-state index contributed by atoms with van der Waals surface area (Å²) in [5, 5.41) is 5.64. The first-order valence-corrected chi connectivity index (χ1v) is 18.2. The Morgan fingerprint density at radius 3 is 2.36 bits per heavy atom. The van der Waals surface area contributed by atoms with Gasteiger partial charge in [-0.2, -0.15) is 0 Å². The van der Waals surface area contributed by atoms with E-state index in [1.54, 1.807) is 39.5 Å². The third kappa shape index (κ3) is 7.85. The Bertz CT molecular complexity index is 1610. The van der Waals surface area contributed by atoms with E-state index in [0.29, 0.717) is 57.6 Å². The molecular formula is C35H48N4O7S. The van der Waals surface area contributed by atoms with Gasteiger partial charge in [0.05, 0.1) is 18.6 Å². The number of likely N-dealkylation sites (tertiary alicyclic amines) is 1. The van der Waals surface area contributed by atoms with Crippen LogP contribution in [0.3, 0.4) is 0 Å². The summed E-state index contributed by atoms with van der Waals surface area (Å²) in [6, 6.07) is 14.7. The average Bonchev–Trinajstić information content (AvgIpc) is 3.16. The van der Waals surface area contributed by atoms with Crippen LogP contribution in [0.15, 0.2) is 48.5 Å². The van der Waals surface area contributed by atoms with Crippen LogP contribution in [-0.2, 0) is 36.2 Å². The standard InChI is InChI=1S/C35H48N4O7S/c1-33(2,3)46-32(42)37-34(4,5)31(41)36-27(22-24-15-20-45-29-14-10-7-11-25(29)21-24)30(40)38-18-16-35(17-19-38)23-39(47(6,43)44)28-13-9-8-12-26(28)35/h7-14,24,27H,15-23H2,1-6H3,(H,36,41)(H,37,42).